The summed E-state index contributed by atoms with van der Waals surface area (Å²) in [5.41, 5.74) is 0.505. The number of hydrogen-bond acceptors (Lipinski definition) is 3. The van der Waals surface area contributed by atoms with Crippen molar-refractivity contribution in [3.63, 3.8) is 0 Å². The average molecular weight is 304 g/mol. The fourth-order valence-corrected chi connectivity index (χ4v) is 1.97. The number of nitrogens with zero attached hydrogens (tertiary/aromatic N) is 2. The first-order chi connectivity index (χ1) is 9.97. The molecule has 4 nitrogen and oxygen atoms in total. The van der Waals surface area contributed by atoms with Crippen LogP contribution in [-0.2, 0) is 4.79 Å². The zero-order valence-corrected chi connectivity index (χ0v) is 11.8. The molecule has 1 rings (SSSR count). The number of carbonyl (C=O) groups is 1. The number of halogens is 3. The van der Waals surface area contributed by atoms with Gasteiger partial charge in [0.05, 0.1) is 19.7 Å². The standard InChI is InChI=1S/C14H19F3N2O2/c1-2-19(12-5-3-11(15)4-6-12)14(21)10-18(7-8-20)9-13(16)17/h3-6,13,20H,2,7-10H2,1H3. The van der Waals surface area contributed by atoms with Crippen molar-refractivity contribution in [3.05, 3.63) is 30.1 Å². The van der Waals surface area contributed by atoms with E-state index in [9.17, 15) is 18.0 Å². The van der Waals surface area contributed by atoms with Crippen molar-refractivity contribution in [2.45, 2.75) is 13.3 Å². The number of likely N-dealkylation sites (N-methyl/N-ethyl adjacent to an activating group) is 1. The summed E-state index contributed by atoms with van der Waals surface area (Å²) in [6.07, 6.45) is -2.58. The number of hydrogen-bond donors (Lipinski definition) is 1. The Labute approximate surface area is 121 Å². The summed E-state index contributed by atoms with van der Waals surface area (Å²) in [6, 6.07) is 5.38. The lowest BCUT2D eigenvalue weighted by Crippen LogP contribution is -2.43. The molecule has 7 heteroatoms. The van der Waals surface area contributed by atoms with Crippen LogP contribution >= 0.6 is 0 Å². The Morgan fingerprint density at radius 2 is 1.90 bits per heavy atom. The van der Waals surface area contributed by atoms with Gasteiger partial charge in [0.25, 0.3) is 6.43 Å². The molecule has 0 atom stereocenters. The van der Waals surface area contributed by atoms with Crippen LogP contribution in [0.15, 0.2) is 24.3 Å². The monoisotopic (exact) mass is 304 g/mol. The van der Waals surface area contributed by atoms with Gasteiger partial charge in [-0.15, -0.1) is 0 Å². The van der Waals surface area contributed by atoms with Crippen molar-refractivity contribution in [2.24, 2.45) is 0 Å². The molecule has 0 heterocycles. The van der Waals surface area contributed by atoms with E-state index in [0.717, 1.165) is 0 Å². The largest absolute Gasteiger partial charge is 0.395 e. The molecule has 0 aliphatic carbocycles. The van der Waals surface area contributed by atoms with E-state index < -0.39 is 18.8 Å². The molecule has 0 aliphatic heterocycles. The quantitative estimate of drug-likeness (QED) is 0.795. The van der Waals surface area contributed by atoms with Gasteiger partial charge in [0, 0.05) is 18.8 Å². The topological polar surface area (TPSA) is 43.8 Å². The fourth-order valence-electron chi connectivity index (χ4n) is 1.97. The second-order valence-electron chi connectivity index (χ2n) is 4.46. The Hall–Kier alpha value is -1.60. The number of aliphatic hydroxyl groups is 1. The van der Waals surface area contributed by atoms with Crippen molar-refractivity contribution in [2.75, 3.05) is 37.7 Å². The lowest BCUT2D eigenvalue weighted by atomic mass is 10.2. The Morgan fingerprint density at radius 1 is 1.29 bits per heavy atom. The highest BCUT2D eigenvalue weighted by molar-refractivity contribution is 5.94. The molecule has 1 aromatic carbocycles. The van der Waals surface area contributed by atoms with E-state index in [4.69, 9.17) is 5.11 Å². The van der Waals surface area contributed by atoms with Crippen molar-refractivity contribution in [3.8, 4) is 0 Å². The molecule has 0 radical (unpaired) electrons. The summed E-state index contributed by atoms with van der Waals surface area (Å²) >= 11 is 0. The van der Waals surface area contributed by atoms with Crippen LogP contribution in [0.2, 0.25) is 0 Å². The van der Waals surface area contributed by atoms with E-state index in [1.807, 2.05) is 0 Å². The number of carbonyl (C=O) groups excluding carboxylic acids is 1. The summed E-state index contributed by atoms with van der Waals surface area (Å²) in [5.74, 6) is -0.792. The first-order valence-corrected chi connectivity index (χ1v) is 6.65. The summed E-state index contributed by atoms with van der Waals surface area (Å²) in [7, 11) is 0. The molecule has 1 amide bonds. The van der Waals surface area contributed by atoms with E-state index in [-0.39, 0.29) is 25.6 Å². The van der Waals surface area contributed by atoms with Gasteiger partial charge in [-0.1, -0.05) is 0 Å². The lowest BCUT2D eigenvalue weighted by molar-refractivity contribution is -0.120. The van der Waals surface area contributed by atoms with Crippen LogP contribution in [-0.4, -0.2) is 55.1 Å². The Kier molecular flexibility index (Phi) is 7.18. The van der Waals surface area contributed by atoms with E-state index in [0.29, 0.717) is 12.2 Å². The summed E-state index contributed by atoms with van der Waals surface area (Å²) < 4.78 is 37.7. The van der Waals surface area contributed by atoms with Crippen LogP contribution in [0, 0.1) is 5.82 Å². The van der Waals surface area contributed by atoms with E-state index in [1.165, 1.54) is 34.1 Å². The number of rotatable bonds is 8. The molecule has 1 aromatic rings. The molecule has 0 saturated carbocycles. The first kappa shape index (κ1) is 17.5. The van der Waals surface area contributed by atoms with Gasteiger partial charge in [-0.05, 0) is 31.2 Å². The Balaban J connectivity index is 2.75. The van der Waals surface area contributed by atoms with Crippen molar-refractivity contribution >= 4 is 11.6 Å². The molecule has 0 bridgehead atoms. The van der Waals surface area contributed by atoms with Gasteiger partial charge in [-0.3, -0.25) is 9.69 Å². The number of benzene rings is 1. The van der Waals surface area contributed by atoms with Crippen LogP contribution < -0.4 is 4.90 Å². The van der Waals surface area contributed by atoms with Gasteiger partial charge in [0.15, 0.2) is 0 Å². The average Bonchev–Trinajstić information content (AvgIpc) is 2.41. The number of anilines is 1. The number of amides is 1. The molecule has 0 unspecified atom stereocenters. The second-order valence-corrected chi connectivity index (χ2v) is 4.46. The molecule has 1 N–H and O–H groups in total. The Morgan fingerprint density at radius 3 is 2.38 bits per heavy atom. The predicted octanol–water partition coefficient (Wildman–Crippen LogP) is 1.74. The van der Waals surface area contributed by atoms with Crippen LogP contribution in [0.3, 0.4) is 0 Å². The van der Waals surface area contributed by atoms with E-state index >= 15 is 0 Å². The van der Waals surface area contributed by atoms with E-state index in [1.54, 1.807) is 6.92 Å². The van der Waals surface area contributed by atoms with Crippen LogP contribution in [0.5, 0.6) is 0 Å². The van der Waals surface area contributed by atoms with Gasteiger partial charge < -0.3 is 10.0 Å². The van der Waals surface area contributed by atoms with Gasteiger partial charge >= 0.3 is 0 Å². The maximum absolute atomic E-state index is 12.9. The molecule has 0 spiro atoms. The van der Waals surface area contributed by atoms with Crippen molar-refractivity contribution in [1.29, 1.82) is 0 Å². The second kappa shape index (κ2) is 8.63. The van der Waals surface area contributed by atoms with Gasteiger partial charge in [-0.25, -0.2) is 13.2 Å². The number of aliphatic hydroxyl groups excluding tert-OH is 1. The van der Waals surface area contributed by atoms with Crippen molar-refractivity contribution in [1.82, 2.24) is 4.90 Å². The normalized spacial score (nSPS) is 11.2. The maximum atomic E-state index is 12.9. The fraction of sp³-hybridized carbons (Fsp3) is 0.500. The third-order valence-electron chi connectivity index (χ3n) is 2.93. The number of alkyl halides is 2. The summed E-state index contributed by atoms with van der Waals surface area (Å²) in [6.45, 7) is 0.972. The van der Waals surface area contributed by atoms with Crippen LogP contribution in [0.25, 0.3) is 0 Å². The highest BCUT2D eigenvalue weighted by atomic mass is 19.3. The predicted molar refractivity (Wildman–Crippen MR) is 74.0 cm³/mol. The molecule has 0 aliphatic rings. The SMILES string of the molecule is CCN(C(=O)CN(CCO)CC(F)F)c1ccc(F)cc1. The zero-order valence-electron chi connectivity index (χ0n) is 11.8. The van der Waals surface area contributed by atoms with Gasteiger partial charge in [0.1, 0.15) is 5.82 Å². The third kappa shape index (κ3) is 5.73. The van der Waals surface area contributed by atoms with E-state index in [2.05, 4.69) is 0 Å². The minimum atomic E-state index is -2.58. The minimum absolute atomic E-state index is 0.00292. The van der Waals surface area contributed by atoms with Crippen LogP contribution in [0.1, 0.15) is 6.92 Å². The summed E-state index contributed by atoms with van der Waals surface area (Å²) in [4.78, 5) is 14.8. The molecule has 0 aromatic heterocycles. The molecule has 21 heavy (non-hydrogen) atoms. The third-order valence-corrected chi connectivity index (χ3v) is 2.93. The van der Waals surface area contributed by atoms with Crippen molar-refractivity contribution < 1.29 is 23.1 Å². The molecular weight excluding hydrogens is 285 g/mol. The lowest BCUT2D eigenvalue weighted by Gasteiger charge is -2.26. The molecule has 0 saturated heterocycles. The Bertz CT molecular complexity index is 440. The molecule has 118 valence electrons. The van der Waals surface area contributed by atoms with Gasteiger partial charge in [-0.2, -0.15) is 0 Å². The van der Waals surface area contributed by atoms with Gasteiger partial charge in [0.2, 0.25) is 5.91 Å². The first-order valence-electron chi connectivity index (χ1n) is 6.65. The maximum Gasteiger partial charge on any atom is 0.251 e. The summed E-state index contributed by atoms with van der Waals surface area (Å²) in [5, 5.41) is 8.85. The smallest absolute Gasteiger partial charge is 0.251 e. The highest BCUT2D eigenvalue weighted by Crippen LogP contribution is 2.15. The molecule has 0 fully saturated rings. The highest BCUT2D eigenvalue weighted by Gasteiger charge is 2.20. The zero-order chi connectivity index (χ0) is 15.8. The van der Waals surface area contributed by atoms with Crippen LogP contribution in [0.4, 0.5) is 18.9 Å². The molecular formula is C14H19F3N2O2. The minimum Gasteiger partial charge on any atom is -0.395 e.